The maximum Gasteiger partial charge on any atom is 0.227 e. The fourth-order valence-corrected chi connectivity index (χ4v) is 2.53. The highest BCUT2D eigenvalue weighted by Gasteiger charge is 2.29. The Morgan fingerprint density at radius 3 is 2.58 bits per heavy atom. The van der Waals surface area contributed by atoms with Crippen molar-refractivity contribution in [3.63, 3.8) is 0 Å². The fraction of sp³-hybridized carbons (Fsp3) is 0.368. The van der Waals surface area contributed by atoms with Gasteiger partial charge in [0.1, 0.15) is 5.76 Å². The Morgan fingerprint density at radius 2 is 1.96 bits per heavy atom. The number of furan rings is 1. The highest BCUT2D eigenvalue weighted by atomic mass is 16.3. The summed E-state index contributed by atoms with van der Waals surface area (Å²) in [5.41, 5.74) is 1.80. The third-order valence-electron chi connectivity index (χ3n) is 4.18. The molecule has 1 fully saturated rings. The van der Waals surface area contributed by atoms with E-state index in [-0.39, 0.29) is 23.8 Å². The highest BCUT2D eigenvalue weighted by molar-refractivity contribution is 5.94. The van der Waals surface area contributed by atoms with Crippen LogP contribution in [0.2, 0.25) is 0 Å². The summed E-state index contributed by atoms with van der Waals surface area (Å²) in [7, 11) is 0. The Morgan fingerprint density at radius 1 is 1.21 bits per heavy atom. The van der Waals surface area contributed by atoms with Crippen LogP contribution in [0.5, 0.6) is 0 Å². The third-order valence-corrected chi connectivity index (χ3v) is 4.18. The summed E-state index contributed by atoms with van der Waals surface area (Å²) < 4.78 is 5.23. The molecule has 1 heterocycles. The molecule has 1 aromatic carbocycles. The number of anilines is 1. The third kappa shape index (κ3) is 4.47. The van der Waals surface area contributed by atoms with Gasteiger partial charge >= 0.3 is 0 Å². The Labute approximate surface area is 141 Å². The summed E-state index contributed by atoms with van der Waals surface area (Å²) in [6.07, 6.45) is 4.58. The molecule has 1 aliphatic carbocycles. The number of hydrogen-bond acceptors (Lipinski definition) is 3. The maximum atomic E-state index is 12.0. The molecule has 2 N–H and O–H groups in total. The lowest BCUT2D eigenvalue weighted by molar-refractivity contribution is -0.121. The number of rotatable bonds is 7. The largest absolute Gasteiger partial charge is 0.469 e. The topological polar surface area (TPSA) is 71.3 Å². The van der Waals surface area contributed by atoms with Crippen LogP contribution in [0.4, 0.5) is 5.69 Å². The minimum atomic E-state index is -0.0812. The standard InChI is InChI=1S/C19H22N2O3/c1-13(20-18(22)11-10-17-3-2-12-24-17)14-6-8-16(9-7-14)21-19(23)15-4-5-15/h2-3,6-9,12-13,15H,4-5,10-11H2,1H3,(H,20,22)(H,21,23). The molecule has 126 valence electrons. The number of nitrogens with one attached hydrogen (secondary N) is 2. The van der Waals surface area contributed by atoms with Crippen LogP contribution in [0, 0.1) is 5.92 Å². The lowest BCUT2D eigenvalue weighted by Gasteiger charge is -2.15. The van der Waals surface area contributed by atoms with Crippen molar-refractivity contribution in [2.24, 2.45) is 5.92 Å². The van der Waals surface area contributed by atoms with Crippen LogP contribution < -0.4 is 10.6 Å². The van der Waals surface area contributed by atoms with Crippen molar-refractivity contribution in [2.45, 2.75) is 38.6 Å². The lowest BCUT2D eigenvalue weighted by Crippen LogP contribution is -2.26. The van der Waals surface area contributed by atoms with Crippen LogP contribution in [0.25, 0.3) is 0 Å². The number of amides is 2. The van der Waals surface area contributed by atoms with Crippen LogP contribution in [-0.2, 0) is 16.0 Å². The van der Waals surface area contributed by atoms with E-state index in [0.29, 0.717) is 12.8 Å². The number of carbonyl (C=O) groups excluding carboxylic acids is 2. The average molecular weight is 326 g/mol. The van der Waals surface area contributed by atoms with Gasteiger partial charge in [0.25, 0.3) is 0 Å². The van der Waals surface area contributed by atoms with Gasteiger partial charge in [-0.2, -0.15) is 0 Å². The summed E-state index contributed by atoms with van der Waals surface area (Å²) in [5.74, 6) is 1.10. The molecule has 0 aliphatic heterocycles. The van der Waals surface area contributed by atoms with Crippen molar-refractivity contribution >= 4 is 17.5 Å². The zero-order valence-electron chi connectivity index (χ0n) is 13.7. The Kier molecular flexibility index (Phi) is 4.99. The Balaban J connectivity index is 1.47. The van der Waals surface area contributed by atoms with E-state index in [1.165, 1.54) is 0 Å². The van der Waals surface area contributed by atoms with Gasteiger partial charge in [0.05, 0.1) is 12.3 Å². The van der Waals surface area contributed by atoms with Crippen molar-refractivity contribution in [1.82, 2.24) is 5.32 Å². The van der Waals surface area contributed by atoms with Gasteiger partial charge in [-0.15, -0.1) is 0 Å². The van der Waals surface area contributed by atoms with Gasteiger partial charge < -0.3 is 15.1 Å². The van der Waals surface area contributed by atoms with E-state index in [0.717, 1.165) is 29.9 Å². The van der Waals surface area contributed by atoms with E-state index in [4.69, 9.17) is 4.42 Å². The zero-order valence-corrected chi connectivity index (χ0v) is 13.7. The first-order valence-corrected chi connectivity index (χ1v) is 8.34. The van der Waals surface area contributed by atoms with E-state index in [2.05, 4.69) is 10.6 Å². The van der Waals surface area contributed by atoms with Gasteiger partial charge in [0.2, 0.25) is 11.8 Å². The monoisotopic (exact) mass is 326 g/mol. The number of aryl methyl sites for hydroxylation is 1. The number of hydrogen-bond donors (Lipinski definition) is 2. The first kappa shape index (κ1) is 16.3. The van der Waals surface area contributed by atoms with Gasteiger partial charge in [-0.3, -0.25) is 9.59 Å². The summed E-state index contributed by atoms with van der Waals surface area (Å²) in [6, 6.07) is 11.2. The summed E-state index contributed by atoms with van der Waals surface area (Å²) in [4.78, 5) is 23.7. The van der Waals surface area contributed by atoms with Gasteiger partial charge in [-0.05, 0) is 49.6 Å². The van der Waals surface area contributed by atoms with Gasteiger partial charge in [0, 0.05) is 24.4 Å². The fourth-order valence-electron chi connectivity index (χ4n) is 2.53. The zero-order chi connectivity index (χ0) is 16.9. The number of carbonyl (C=O) groups is 2. The van der Waals surface area contributed by atoms with Crippen molar-refractivity contribution in [1.29, 1.82) is 0 Å². The predicted molar refractivity (Wildman–Crippen MR) is 91.4 cm³/mol. The van der Waals surface area contributed by atoms with Gasteiger partial charge in [-0.1, -0.05) is 12.1 Å². The molecule has 5 heteroatoms. The van der Waals surface area contributed by atoms with E-state index in [1.807, 2.05) is 43.3 Å². The second kappa shape index (κ2) is 7.34. The molecule has 5 nitrogen and oxygen atoms in total. The maximum absolute atomic E-state index is 12.0. The molecule has 0 saturated heterocycles. The molecule has 1 aromatic heterocycles. The van der Waals surface area contributed by atoms with E-state index >= 15 is 0 Å². The summed E-state index contributed by atoms with van der Waals surface area (Å²) >= 11 is 0. The molecule has 1 atom stereocenters. The number of benzene rings is 1. The Hall–Kier alpha value is -2.56. The molecular weight excluding hydrogens is 304 g/mol. The quantitative estimate of drug-likeness (QED) is 0.819. The van der Waals surface area contributed by atoms with Crippen LogP contribution in [0.1, 0.15) is 43.6 Å². The molecule has 0 radical (unpaired) electrons. The normalized spacial score (nSPS) is 14.9. The minimum Gasteiger partial charge on any atom is -0.469 e. The first-order valence-electron chi connectivity index (χ1n) is 8.34. The summed E-state index contributed by atoms with van der Waals surface area (Å²) in [5, 5.41) is 5.89. The highest BCUT2D eigenvalue weighted by Crippen LogP contribution is 2.30. The van der Waals surface area contributed by atoms with Crippen molar-refractivity contribution in [3.05, 3.63) is 54.0 Å². The van der Waals surface area contributed by atoms with E-state index in [1.54, 1.807) is 6.26 Å². The molecule has 1 saturated carbocycles. The van der Waals surface area contributed by atoms with Crippen molar-refractivity contribution in [2.75, 3.05) is 5.32 Å². The van der Waals surface area contributed by atoms with Crippen LogP contribution in [-0.4, -0.2) is 11.8 Å². The predicted octanol–water partition coefficient (Wildman–Crippen LogP) is 3.44. The first-order chi connectivity index (χ1) is 11.6. The van der Waals surface area contributed by atoms with Gasteiger partial charge in [-0.25, -0.2) is 0 Å². The molecule has 2 amide bonds. The van der Waals surface area contributed by atoms with Crippen LogP contribution in [0.3, 0.4) is 0 Å². The SMILES string of the molecule is CC(NC(=O)CCc1ccco1)c1ccc(NC(=O)C2CC2)cc1. The molecule has 24 heavy (non-hydrogen) atoms. The van der Waals surface area contributed by atoms with E-state index in [9.17, 15) is 9.59 Å². The second-order valence-electron chi connectivity index (χ2n) is 6.25. The van der Waals surface area contributed by atoms with E-state index < -0.39 is 0 Å². The molecule has 0 bridgehead atoms. The molecule has 1 aliphatic rings. The molecular formula is C19H22N2O3. The molecule has 2 aromatic rings. The van der Waals surface area contributed by atoms with Crippen LogP contribution >= 0.6 is 0 Å². The lowest BCUT2D eigenvalue weighted by atomic mass is 10.1. The Bertz CT molecular complexity index is 688. The molecule has 3 rings (SSSR count). The van der Waals surface area contributed by atoms with Crippen molar-refractivity contribution < 1.29 is 14.0 Å². The summed E-state index contributed by atoms with van der Waals surface area (Å²) in [6.45, 7) is 1.95. The second-order valence-corrected chi connectivity index (χ2v) is 6.25. The van der Waals surface area contributed by atoms with Crippen molar-refractivity contribution in [3.8, 4) is 0 Å². The van der Waals surface area contributed by atoms with Gasteiger partial charge in [0.15, 0.2) is 0 Å². The molecule has 1 unspecified atom stereocenters. The smallest absolute Gasteiger partial charge is 0.227 e. The average Bonchev–Trinajstić information content (AvgIpc) is 3.30. The van der Waals surface area contributed by atoms with Crippen LogP contribution in [0.15, 0.2) is 47.1 Å². The molecule has 0 spiro atoms. The minimum absolute atomic E-state index is 0.00925.